The van der Waals surface area contributed by atoms with Crippen LogP contribution < -0.4 is 5.73 Å². The van der Waals surface area contributed by atoms with Crippen molar-refractivity contribution < 1.29 is 0 Å². The summed E-state index contributed by atoms with van der Waals surface area (Å²) in [5.41, 5.74) is 5.61. The van der Waals surface area contributed by atoms with E-state index in [1.807, 2.05) is 6.92 Å². The summed E-state index contributed by atoms with van der Waals surface area (Å²) in [6.07, 6.45) is 4.11. The van der Waals surface area contributed by atoms with Gasteiger partial charge in [-0.25, -0.2) is 0 Å². The molecule has 56 valence electrons. The molecule has 1 fully saturated rings. The van der Waals surface area contributed by atoms with Gasteiger partial charge in [0.25, 0.3) is 0 Å². The van der Waals surface area contributed by atoms with Crippen LogP contribution in [0.1, 0.15) is 32.6 Å². The predicted molar refractivity (Wildman–Crippen MR) is 40.2 cm³/mol. The molecule has 0 aromatic rings. The molecule has 0 aromatic heterocycles. The van der Waals surface area contributed by atoms with Crippen LogP contribution in [0.4, 0.5) is 0 Å². The Hall–Kier alpha value is -0.550. The molecule has 2 unspecified atom stereocenters. The third-order valence-corrected chi connectivity index (χ3v) is 2.29. The molecule has 0 amide bonds. The topological polar surface area (TPSA) is 49.8 Å². The van der Waals surface area contributed by atoms with Crippen LogP contribution >= 0.6 is 0 Å². The Bertz CT molecular complexity index is 159. The third kappa shape index (κ3) is 1.48. The van der Waals surface area contributed by atoms with Crippen molar-refractivity contribution in [2.24, 2.45) is 11.1 Å². The Morgan fingerprint density at radius 1 is 1.70 bits per heavy atom. The van der Waals surface area contributed by atoms with E-state index in [-0.39, 0.29) is 11.5 Å². The minimum Gasteiger partial charge on any atom is -0.328 e. The maximum absolute atomic E-state index is 8.76. The van der Waals surface area contributed by atoms with Crippen molar-refractivity contribution in [2.75, 3.05) is 0 Å². The Kier molecular flexibility index (Phi) is 1.96. The van der Waals surface area contributed by atoms with E-state index in [0.29, 0.717) is 0 Å². The summed E-state index contributed by atoms with van der Waals surface area (Å²) in [5.74, 6) is 0. The van der Waals surface area contributed by atoms with Gasteiger partial charge in [-0.15, -0.1) is 0 Å². The van der Waals surface area contributed by atoms with Crippen molar-refractivity contribution in [3.05, 3.63) is 0 Å². The first-order chi connectivity index (χ1) is 4.66. The molecule has 0 heterocycles. The zero-order valence-electron chi connectivity index (χ0n) is 6.43. The van der Waals surface area contributed by atoms with E-state index in [2.05, 4.69) is 6.07 Å². The van der Waals surface area contributed by atoms with Crippen LogP contribution in [0.3, 0.4) is 0 Å². The smallest absolute Gasteiger partial charge is 0.0687 e. The third-order valence-electron chi connectivity index (χ3n) is 2.29. The zero-order chi connectivity index (χ0) is 7.61. The highest BCUT2D eigenvalue weighted by Crippen LogP contribution is 2.33. The van der Waals surface area contributed by atoms with Crippen LogP contribution in [0.5, 0.6) is 0 Å². The highest BCUT2D eigenvalue weighted by atomic mass is 14.6. The first-order valence-corrected chi connectivity index (χ1v) is 3.83. The van der Waals surface area contributed by atoms with Crippen LogP contribution in [0.2, 0.25) is 0 Å². The van der Waals surface area contributed by atoms with Crippen LogP contribution in [-0.4, -0.2) is 6.04 Å². The molecule has 1 aliphatic carbocycles. The fraction of sp³-hybridized carbons (Fsp3) is 0.875. The number of hydrogen-bond acceptors (Lipinski definition) is 2. The molecule has 2 N–H and O–H groups in total. The summed E-state index contributed by atoms with van der Waals surface area (Å²) in [5, 5.41) is 8.76. The number of nitrogens with zero attached hydrogens (tertiary/aromatic N) is 1. The maximum Gasteiger partial charge on any atom is 0.0687 e. The monoisotopic (exact) mass is 138 g/mol. The molecule has 0 spiro atoms. The predicted octanol–water partition coefficient (Wildman–Crippen LogP) is 1.42. The lowest BCUT2D eigenvalue weighted by Gasteiger charge is -2.30. The molecule has 0 radical (unpaired) electrons. The molecule has 0 saturated heterocycles. The van der Waals surface area contributed by atoms with Crippen LogP contribution in [-0.2, 0) is 0 Å². The number of nitriles is 1. The van der Waals surface area contributed by atoms with Gasteiger partial charge in [0.15, 0.2) is 0 Å². The summed E-state index contributed by atoms with van der Waals surface area (Å²) < 4.78 is 0. The molecule has 0 bridgehead atoms. The van der Waals surface area contributed by atoms with Gasteiger partial charge < -0.3 is 5.73 Å². The quantitative estimate of drug-likeness (QED) is 0.550. The van der Waals surface area contributed by atoms with E-state index >= 15 is 0 Å². The summed E-state index contributed by atoms with van der Waals surface area (Å²) >= 11 is 0. The molecular formula is C8H14N2. The summed E-state index contributed by atoms with van der Waals surface area (Å²) in [6.45, 7) is 2.01. The largest absolute Gasteiger partial charge is 0.328 e. The van der Waals surface area contributed by atoms with Gasteiger partial charge in [0, 0.05) is 6.04 Å². The van der Waals surface area contributed by atoms with E-state index in [0.717, 1.165) is 25.7 Å². The highest BCUT2D eigenvalue weighted by molar-refractivity contribution is 4.99. The molecule has 10 heavy (non-hydrogen) atoms. The Morgan fingerprint density at radius 3 is 2.80 bits per heavy atom. The molecule has 2 heteroatoms. The van der Waals surface area contributed by atoms with Crippen molar-refractivity contribution in [3.8, 4) is 6.07 Å². The van der Waals surface area contributed by atoms with Gasteiger partial charge in [-0.1, -0.05) is 6.42 Å². The molecule has 2 nitrogen and oxygen atoms in total. The van der Waals surface area contributed by atoms with E-state index < -0.39 is 0 Å². The lowest BCUT2D eigenvalue weighted by Crippen LogP contribution is -2.33. The first-order valence-electron chi connectivity index (χ1n) is 3.83. The number of hydrogen-bond donors (Lipinski definition) is 1. The van der Waals surface area contributed by atoms with E-state index in [9.17, 15) is 0 Å². The van der Waals surface area contributed by atoms with Crippen LogP contribution in [0, 0.1) is 16.7 Å². The minimum atomic E-state index is -0.127. The Morgan fingerprint density at radius 2 is 2.40 bits per heavy atom. The highest BCUT2D eigenvalue weighted by Gasteiger charge is 2.30. The maximum atomic E-state index is 8.76. The Labute approximate surface area is 62.0 Å². The van der Waals surface area contributed by atoms with Gasteiger partial charge >= 0.3 is 0 Å². The van der Waals surface area contributed by atoms with E-state index in [1.165, 1.54) is 0 Å². The first kappa shape index (κ1) is 7.56. The lowest BCUT2D eigenvalue weighted by atomic mass is 9.75. The van der Waals surface area contributed by atoms with Gasteiger partial charge in [-0.05, 0) is 26.2 Å². The zero-order valence-corrected chi connectivity index (χ0v) is 6.43. The summed E-state index contributed by atoms with van der Waals surface area (Å²) in [6, 6.07) is 2.59. The van der Waals surface area contributed by atoms with Crippen molar-refractivity contribution >= 4 is 0 Å². The molecule has 0 aliphatic heterocycles. The van der Waals surface area contributed by atoms with Gasteiger partial charge in [0.1, 0.15) is 0 Å². The van der Waals surface area contributed by atoms with Crippen molar-refractivity contribution in [2.45, 2.75) is 38.6 Å². The second-order valence-corrected chi connectivity index (χ2v) is 3.53. The second-order valence-electron chi connectivity index (χ2n) is 3.53. The molecular weight excluding hydrogens is 124 g/mol. The normalized spacial score (nSPS) is 40.7. The van der Waals surface area contributed by atoms with E-state index in [1.54, 1.807) is 0 Å². The van der Waals surface area contributed by atoms with Crippen LogP contribution in [0.15, 0.2) is 0 Å². The van der Waals surface area contributed by atoms with Crippen molar-refractivity contribution in [1.29, 1.82) is 5.26 Å². The van der Waals surface area contributed by atoms with Gasteiger partial charge in [0.05, 0.1) is 11.5 Å². The van der Waals surface area contributed by atoms with Crippen molar-refractivity contribution in [3.63, 3.8) is 0 Å². The fourth-order valence-electron chi connectivity index (χ4n) is 1.64. The summed E-state index contributed by atoms with van der Waals surface area (Å²) in [7, 11) is 0. The number of rotatable bonds is 0. The molecule has 2 atom stereocenters. The standard InChI is InChI=1S/C8H14N2/c1-8(6-9)4-2-3-7(10)5-8/h7H,2-5,10H2,1H3. The van der Waals surface area contributed by atoms with Gasteiger partial charge in [-0.3, -0.25) is 0 Å². The van der Waals surface area contributed by atoms with E-state index in [4.69, 9.17) is 11.0 Å². The van der Waals surface area contributed by atoms with Crippen LogP contribution in [0.25, 0.3) is 0 Å². The number of nitrogens with two attached hydrogens (primary N) is 1. The van der Waals surface area contributed by atoms with Crippen molar-refractivity contribution in [1.82, 2.24) is 0 Å². The summed E-state index contributed by atoms with van der Waals surface area (Å²) in [4.78, 5) is 0. The Balaban J connectivity index is 2.56. The molecule has 1 saturated carbocycles. The molecule has 1 rings (SSSR count). The fourth-order valence-corrected chi connectivity index (χ4v) is 1.64. The second kappa shape index (κ2) is 2.59. The average Bonchev–Trinajstić information content (AvgIpc) is 1.88. The molecule has 1 aliphatic rings. The van der Waals surface area contributed by atoms with Gasteiger partial charge in [0.2, 0.25) is 0 Å². The average molecular weight is 138 g/mol. The SMILES string of the molecule is CC1(C#N)CCCC(N)C1. The lowest BCUT2D eigenvalue weighted by molar-refractivity contribution is 0.267. The minimum absolute atomic E-state index is 0.127. The molecule has 0 aromatic carbocycles. The van der Waals surface area contributed by atoms with Gasteiger partial charge in [-0.2, -0.15) is 5.26 Å².